The second kappa shape index (κ2) is 3.93. The molecule has 0 radical (unpaired) electrons. The van der Waals surface area contributed by atoms with Crippen LogP contribution < -0.4 is 0 Å². The Kier molecular flexibility index (Phi) is 3.41. The molecule has 3 nitrogen and oxygen atoms in total. The third kappa shape index (κ3) is 2.57. The minimum Gasteiger partial charge on any atom is -0.409 e. The molecule has 0 aliphatic carbocycles. The molecule has 1 heterocycles. The first-order valence-corrected chi connectivity index (χ1v) is 8.12. The molecule has 0 saturated carbocycles. The quantitative estimate of drug-likeness (QED) is 0.722. The van der Waals surface area contributed by atoms with E-state index in [1.54, 1.807) is 0 Å². The minimum absolute atomic E-state index is 0.115. The Morgan fingerprint density at radius 2 is 1.93 bits per heavy atom. The SMILES string of the molecule is CC(C)(C)[Si](C)(C)O[C@H]1CCO[C@H]1O. The van der Waals surface area contributed by atoms with Crippen LogP contribution in [0.2, 0.25) is 18.1 Å². The standard InChI is InChI=1S/C10H22O3Si/c1-10(2,3)14(4,5)13-8-6-7-12-9(8)11/h8-9,11H,6-7H2,1-5H3/t8-,9+/m0/s1. The monoisotopic (exact) mass is 218 g/mol. The third-order valence-electron chi connectivity index (χ3n) is 3.26. The number of aliphatic hydroxyl groups excluding tert-OH is 1. The molecule has 14 heavy (non-hydrogen) atoms. The molecule has 1 saturated heterocycles. The molecule has 1 fully saturated rings. The first kappa shape index (κ1) is 12.2. The molecule has 0 aromatic carbocycles. The highest BCUT2D eigenvalue weighted by atomic mass is 28.4. The zero-order valence-corrected chi connectivity index (χ0v) is 10.8. The van der Waals surface area contributed by atoms with E-state index >= 15 is 0 Å². The maximum atomic E-state index is 9.49. The van der Waals surface area contributed by atoms with Gasteiger partial charge in [0.15, 0.2) is 14.6 Å². The summed E-state index contributed by atoms with van der Waals surface area (Å²) >= 11 is 0. The summed E-state index contributed by atoms with van der Waals surface area (Å²) in [7, 11) is -1.75. The largest absolute Gasteiger partial charge is 0.409 e. The minimum atomic E-state index is -1.75. The van der Waals surface area contributed by atoms with Gasteiger partial charge >= 0.3 is 0 Å². The van der Waals surface area contributed by atoms with Crippen molar-refractivity contribution in [2.75, 3.05) is 6.61 Å². The number of aliphatic hydroxyl groups is 1. The van der Waals surface area contributed by atoms with E-state index in [-0.39, 0.29) is 11.1 Å². The fraction of sp³-hybridized carbons (Fsp3) is 1.00. The zero-order chi connectivity index (χ0) is 11.0. The maximum absolute atomic E-state index is 9.49. The molecule has 0 aromatic rings. The summed E-state index contributed by atoms with van der Waals surface area (Å²) < 4.78 is 11.1. The van der Waals surface area contributed by atoms with Crippen molar-refractivity contribution in [3.8, 4) is 0 Å². The van der Waals surface area contributed by atoms with Gasteiger partial charge in [-0.2, -0.15) is 0 Å². The number of ether oxygens (including phenoxy) is 1. The van der Waals surface area contributed by atoms with Crippen LogP contribution >= 0.6 is 0 Å². The van der Waals surface area contributed by atoms with Crippen molar-refractivity contribution in [2.24, 2.45) is 0 Å². The number of rotatable bonds is 2. The maximum Gasteiger partial charge on any atom is 0.192 e. The van der Waals surface area contributed by atoms with Gasteiger partial charge in [-0.3, -0.25) is 0 Å². The lowest BCUT2D eigenvalue weighted by molar-refractivity contribution is -0.104. The molecule has 1 rings (SSSR count). The van der Waals surface area contributed by atoms with Crippen molar-refractivity contribution in [1.82, 2.24) is 0 Å². The van der Waals surface area contributed by atoms with Crippen LogP contribution in [0.1, 0.15) is 27.2 Å². The lowest BCUT2D eigenvalue weighted by atomic mass is 10.2. The van der Waals surface area contributed by atoms with Crippen LogP contribution in [-0.4, -0.2) is 32.4 Å². The molecule has 4 heteroatoms. The fourth-order valence-corrected chi connectivity index (χ4v) is 2.57. The van der Waals surface area contributed by atoms with Crippen LogP contribution in [0, 0.1) is 0 Å². The van der Waals surface area contributed by atoms with E-state index in [2.05, 4.69) is 33.9 Å². The van der Waals surface area contributed by atoms with Crippen LogP contribution in [0.25, 0.3) is 0 Å². The van der Waals surface area contributed by atoms with Gasteiger partial charge in [0.1, 0.15) is 0 Å². The van der Waals surface area contributed by atoms with Crippen molar-refractivity contribution < 1.29 is 14.3 Å². The second-order valence-corrected chi connectivity index (χ2v) is 10.2. The van der Waals surface area contributed by atoms with Gasteiger partial charge in [-0.05, 0) is 18.1 Å². The smallest absolute Gasteiger partial charge is 0.192 e. The summed E-state index contributed by atoms with van der Waals surface area (Å²) in [5.41, 5.74) is 0. The van der Waals surface area contributed by atoms with Crippen LogP contribution in [-0.2, 0) is 9.16 Å². The Labute approximate surface area is 87.5 Å². The van der Waals surface area contributed by atoms with Crippen LogP contribution in [0.5, 0.6) is 0 Å². The predicted molar refractivity (Wildman–Crippen MR) is 58.6 cm³/mol. The molecule has 1 aliphatic heterocycles. The summed E-state index contributed by atoms with van der Waals surface area (Å²) in [6.45, 7) is 11.6. The molecule has 0 unspecified atom stereocenters. The molecule has 1 N–H and O–H groups in total. The average Bonchev–Trinajstić information content (AvgIpc) is 2.33. The average molecular weight is 218 g/mol. The molecule has 2 atom stereocenters. The predicted octanol–water partition coefficient (Wildman–Crippen LogP) is 2.12. The molecule has 0 bridgehead atoms. The van der Waals surface area contributed by atoms with E-state index in [1.165, 1.54) is 0 Å². The van der Waals surface area contributed by atoms with E-state index in [0.29, 0.717) is 6.61 Å². The van der Waals surface area contributed by atoms with Gasteiger partial charge in [0.2, 0.25) is 0 Å². The van der Waals surface area contributed by atoms with E-state index in [0.717, 1.165) is 6.42 Å². The highest BCUT2D eigenvalue weighted by Crippen LogP contribution is 2.38. The summed E-state index contributed by atoms with van der Waals surface area (Å²) in [4.78, 5) is 0. The van der Waals surface area contributed by atoms with Crippen LogP contribution in [0.15, 0.2) is 0 Å². The van der Waals surface area contributed by atoms with Crippen molar-refractivity contribution in [3.05, 3.63) is 0 Å². The Morgan fingerprint density at radius 3 is 2.29 bits per heavy atom. The summed E-state index contributed by atoms with van der Waals surface area (Å²) in [5.74, 6) is 0. The lowest BCUT2D eigenvalue weighted by Crippen LogP contribution is -2.45. The summed E-state index contributed by atoms with van der Waals surface area (Å²) in [6, 6.07) is 0. The molecular weight excluding hydrogens is 196 g/mol. The van der Waals surface area contributed by atoms with E-state index in [4.69, 9.17) is 9.16 Å². The molecule has 84 valence electrons. The number of hydrogen-bond acceptors (Lipinski definition) is 3. The normalized spacial score (nSPS) is 29.6. The highest BCUT2D eigenvalue weighted by Gasteiger charge is 2.41. The zero-order valence-electron chi connectivity index (χ0n) is 9.83. The Hall–Kier alpha value is 0.0969. The molecule has 1 aliphatic rings. The van der Waals surface area contributed by atoms with Crippen LogP contribution in [0.3, 0.4) is 0 Å². The number of hydrogen-bond donors (Lipinski definition) is 1. The van der Waals surface area contributed by atoms with E-state index in [1.807, 2.05) is 0 Å². The van der Waals surface area contributed by atoms with Crippen molar-refractivity contribution in [1.29, 1.82) is 0 Å². The van der Waals surface area contributed by atoms with Gasteiger partial charge in [0.05, 0.1) is 12.7 Å². The third-order valence-corrected chi connectivity index (χ3v) is 7.77. The van der Waals surface area contributed by atoms with Gasteiger partial charge in [0.25, 0.3) is 0 Å². The highest BCUT2D eigenvalue weighted by molar-refractivity contribution is 6.74. The first-order valence-electron chi connectivity index (χ1n) is 5.21. The Balaban J connectivity index is 2.58. The van der Waals surface area contributed by atoms with Crippen molar-refractivity contribution >= 4 is 8.32 Å². The van der Waals surface area contributed by atoms with Gasteiger partial charge in [-0.25, -0.2) is 0 Å². The van der Waals surface area contributed by atoms with Crippen molar-refractivity contribution in [2.45, 2.75) is 57.7 Å². The first-order chi connectivity index (χ1) is 6.24. The molecule has 0 amide bonds. The Bertz CT molecular complexity index is 198. The fourth-order valence-electron chi connectivity index (χ4n) is 1.23. The second-order valence-electron chi connectivity index (χ2n) is 5.47. The molecular formula is C10H22O3Si. The topological polar surface area (TPSA) is 38.7 Å². The van der Waals surface area contributed by atoms with Gasteiger partial charge in [-0.15, -0.1) is 0 Å². The molecule has 0 aromatic heterocycles. The van der Waals surface area contributed by atoms with E-state index < -0.39 is 14.6 Å². The summed E-state index contributed by atoms with van der Waals surface area (Å²) in [6.07, 6.45) is -0.0201. The lowest BCUT2D eigenvalue weighted by Gasteiger charge is -2.38. The van der Waals surface area contributed by atoms with Gasteiger partial charge in [-0.1, -0.05) is 20.8 Å². The van der Waals surface area contributed by atoms with Crippen molar-refractivity contribution in [3.63, 3.8) is 0 Å². The molecule has 0 spiro atoms. The Morgan fingerprint density at radius 1 is 1.36 bits per heavy atom. The van der Waals surface area contributed by atoms with Gasteiger partial charge < -0.3 is 14.3 Å². The van der Waals surface area contributed by atoms with Crippen LogP contribution in [0.4, 0.5) is 0 Å². The summed E-state index contributed by atoms with van der Waals surface area (Å²) in [5, 5.41) is 9.68. The van der Waals surface area contributed by atoms with Gasteiger partial charge in [0, 0.05) is 6.42 Å². The van der Waals surface area contributed by atoms with E-state index in [9.17, 15) is 5.11 Å².